The van der Waals surface area contributed by atoms with Crippen LogP contribution in [0.5, 0.6) is 34.9 Å². The largest absolute Gasteiger partial charge is 0.540 e. The predicted molar refractivity (Wildman–Crippen MR) is 471 cm³/mol. The number of methoxy groups -OCH3 is 3. The second-order valence-corrected chi connectivity index (χ2v) is 39.1. The molecular weight excluding hydrogens is 1760 g/mol. The number of nitrogens with zero attached hydrogens (tertiary/aromatic N) is 9. The molecule has 16 rings (SSSR count). The van der Waals surface area contributed by atoms with Gasteiger partial charge in [0.05, 0.1) is 111 Å². The number of carbonyl (C=O) groups is 6. The number of benzene rings is 3. The van der Waals surface area contributed by atoms with Crippen LogP contribution in [0.1, 0.15) is 258 Å². The minimum Gasteiger partial charge on any atom is -0.540 e. The average Bonchev–Trinajstić information content (AvgIpc) is 1.76. The number of hydrogen-bond donors (Lipinski definition) is 0. The molecule has 2 unspecified atom stereocenters. The summed E-state index contributed by atoms with van der Waals surface area (Å²) in [5, 5.41) is 0. The summed E-state index contributed by atoms with van der Waals surface area (Å²) in [5.74, 6) is -4.68. The van der Waals surface area contributed by atoms with Gasteiger partial charge in [-0.3, -0.25) is 28.8 Å². The van der Waals surface area contributed by atoms with Crippen molar-refractivity contribution in [2.75, 3.05) is 41.0 Å². The van der Waals surface area contributed by atoms with Crippen molar-refractivity contribution in [3.63, 3.8) is 0 Å². The Labute approximate surface area is 812 Å². The van der Waals surface area contributed by atoms with E-state index in [0.717, 1.165) is 12.8 Å². The third kappa shape index (κ3) is 23.5. The van der Waals surface area contributed by atoms with Crippen molar-refractivity contribution in [2.45, 2.75) is 298 Å². The van der Waals surface area contributed by atoms with Gasteiger partial charge < -0.3 is 71.7 Å². The van der Waals surface area contributed by atoms with Crippen molar-refractivity contribution in [3.8, 4) is 34.9 Å². The number of rotatable bonds is 8. The van der Waals surface area contributed by atoms with Crippen molar-refractivity contribution in [1.29, 1.82) is 0 Å². The maximum Gasteiger partial charge on any atom is 0.307 e. The summed E-state index contributed by atoms with van der Waals surface area (Å²) in [7, 11) is 4.52. The van der Waals surface area contributed by atoms with E-state index in [0.29, 0.717) is 126 Å². The molecule has 3 radical (unpaired) electrons. The average molecular weight is 1900 g/mol. The number of hydrogen-bond acceptors (Lipinski definition) is 24. The smallest absolute Gasteiger partial charge is 0.307 e. The number of aryl methyl sites for hydroxylation is 3. The van der Waals surface area contributed by atoms with E-state index in [-0.39, 0.29) is 196 Å². The summed E-state index contributed by atoms with van der Waals surface area (Å²) in [6.07, 6.45) is -5.99. The third-order valence-corrected chi connectivity index (χ3v) is 27.4. The van der Waals surface area contributed by atoms with E-state index in [1.807, 2.05) is 102 Å². The molecule has 3 aromatic heterocycles. The molecule has 129 heavy (non-hydrogen) atoms. The number of aromatic nitrogens is 6. The van der Waals surface area contributed by atoms with E-state index in [9.17, 15) is 43.2 Å². The first kappa shape index (κ1) is 85.3. The molecule has 20 atom stereocenters. The molecule has 10 aliphatic rings. The van der Waals surface area contributed by atoms with Crippen LogP contribution in [0.25, 0.3) is 33.1 Å². The molecule has 0 spiro atoms. The SMILES string of the molecule is [2H]C1([2H])CCC[C@@H]2C3CC3C[C@H]2OC(=O)C[C@@H](C(C)(C)C)C(=O)N2C[C@H](Oc3nc4cc(OC)ccc4nc3C1([2H])[2H])[C@@H](C)[C@H]2[C-]=O.[2H]C1([2H])CCC[C@@H]2C[C@@]2(C)OC(=O)C[C@@H](C(C)(C)C)C(=O)N2C[C@H](Oc3nc4cc(OC)ccc4nc3C1([2H])[2H])[C@@H](CC)[C@H]2[C-]=O.[2H]C1([2H])CCC[C@@H]2C[C@H]2OC(=O)C[C@@H](C(C)(C)C)C(=O)N2C[C@H](Oc3nc4cc(OC)ccc4nc3C1([2H])[2H])[C@@H](CC)[C@H]2[C-]=O.[V].[V].[V]. The Hall–Kier alpha value is -7.94. The van der Waals surface area contributed by atoms with Gasteiger partial charge in [0, 0.05) is 96.2 Å². The molecule has 6 aromatic rings. The van der Waals surface area contributed by atoms with Gasteiger partial charge in [0.2, 0.25) is 35.4 Å². The molecule has 697 valence electrons. The van der Waals surface area contributed by atoms with E-state index in [2.05, 4.69) is 29.9 Å². The van der Waals surface area contributed by atoms with Gasteiger partial charge in [-0.05, 0) is 184 Å². The van der Waals surface area contributed by atoms with Gasteiger partial charge in [-0.15, -0.1) is 0 Å². The zero-order valence-corrected chi connectivity index (χ0v) is 80.9. The molecule has 9 heterocycles. The molecule has 3 saturated heterocycles. The van der Waals surface area contributed by atoms with Crippen molar-refractivity contribution in [3.05, 3.63) is 71.7 Å². The summed E-state index contributed by atoms with van der Waals surface area (Å²) in [6, 6.07) is 11.9. The Morgan fingerprint density at radius 2 is 0.814 bits per heavy atom. The Balaban J connectivity index is 0.000000200. The van der Waals surface area contributed by atoms with Crippen LogP contribution in [0.3, 0.4) is 0 Å². The van der Waals surface area contributed by atoms with E-state index in [1.165, 1.54) is 36.0 Å². The van der Waals surface area contributed by atoms with Crippen molar-refractivity contribution < 1.29 is 158 Å². The fourth-order valence-electron chi connectivity index (χ4n) is 19.5. The third-order valence-electron chi connectivity index (χ3n) is 27.4. The molecular formula is C99H130N9O18V3-3. The summed E-state index contributed by atoms with van der Waals surface area (Å²) in [4.78, 5) is 151. The van der Waals surface area contributed by atoms with Crippen LogP contribution in [0.2, 0.25) is 0 Å². The standard InChI is InChI=1S/C34H44N3O6.C33H44N3O6.C32H42N3O6.3V/c1-19-28(18-38)37-17-30(19)43-32-26(35-25-12-11-21(41-5)15-27(25)36-32)10-8-6-7-9-22-23-13-20(23)14-29(22)42-31(39)16-24(33(37)40)34(2,3)4;1-7-22-27(19-37)36-18-28(22)41-30-25(34-24-14-13-21(40-6)15-26(24)35-30)12-10-8-9-11-20-17-33(20,5)42-29(38)16-23(31(36)39)32(2,3)4;1-6-21-26(18-36)35-17-28(21)41-30-24(33-23-13-12-20(39-5)15-25(23)34-30)11-9-7-8-10-19-14-27(19)40-29(37)16-22(31(35)38)32(2,3)4;;;/h11-12,15,19-20,22-24,28-30H,6-10,13-14,16-17H2,1-5H3;13-15,20,22-23,27-28H,7-12,16-18H2,1-6H3;12-13,15,19,21-22,26-28H,6-11,14,16-17H2,1-5H3;;;/q3*-1;;;/t19-,20?,22+,23?,24+,28+,29+,30-;20-,22+,23-,27-,28+,33-;19-,21+,22-,26-,27-,28+;;;/m011.../s1/i8D2,10D2;10D2,12D2;9D2,11D2;;;. The maximum atomic E-state index is 14.2. The first-order chi connectivity index (χ1) is 64.6. The van der Waals surface area contributed by atoms with Gasteiger partial charge in [-0.1, -0.05) is 153 Å². The van der Waals surface area contributed by atoms with Crippen LogP contribution in [-0.4, -0.2) is 194 Å². The van der Waals surface area contributed by atoms with Crippen LogP contribution in [0.15, 0.2) is 54.6 Å². The topological polar surface area (TPSA) is 324 Å². The minimum absolute atomic E-state index is 0. The van der Waals surface area contributed by atoms with E-state index in [1.54, 1.807) is 61.5 Å². The van der Waals surface area contributed by atoms with E-state index >= 15 is 0 Å². The summed E-state index contributed by atoms with van der Waals surface area (Å²) >= 11 is 0. The Bertz CT molecular complexity index is 5630. The number of fused-ring (bicyclic) bond motifs is 17. The van der Waals surface area contributed by atoms with Crippen molar-refractivity contribution in [1.82, 2.24) is 44.6 Å². The molecule has 6 aliphatic heterocycles. The first-order valence-corrected chi connectivity index (χ1v) is 44.9. The van der Waals surface area contributed by atoms with Crippen LogP contribution < -0.4 is 28.4 Å². The Morgan fingerprint density at radius 1 is 0.442 bits per heavy atom. The summed E-state index contributed by atoms with van der Waals surface area (Å²) in [5.41, 5.74) is -1.38. The maximum absolute atomic E-state index is 14.2. The second kappa shape index (κ2) is 43.0. The molecule has 6 bridgehead atoms. The van der Waals surface area contributed by atoms with Gasteiger partial charge in [0.1, 0.15) is 70.5 Å². The summed E-state index contributed by atoms with van der Waals surface area (Å²) in [6.45, 7) is 24.1. The van der Waals surface area contributed by atoms with E-state index in [4.69, 9.17) is 59.1 Å². The van der Waals surface area contributed by atoms with Gasteiger partial charge in [-0.25, -0.2) is 48.8 Å². The fraction of sp³-hybridized carbons (Fsp3) is 0.667. The van der Waals surface area contributed by atoms with Crippen molar-refractivity contribution in [2.24, 2.45) is 81.3 Å². The second-order valence-electron chi connectivity index (χ2n) is 39.1. The molecule has 30 heteroatoms. The molecule has 27 nitrogen and oxygen atoms in total. The number of esters is 3. The molecule has 3 amide bonds. The van der Waals surface area contributed by atoms with Crippen LogP contribution in [0, 0.1) is 81.3 Å². The van der Waals surface area contributed by atoms with E-state index < -0.39 is 150 Å². The molecule has 4 saturated carbocycles. The molecule has 7 fully saturated rings. The normalized spacial score (nSPS) is 34.2. The number of amides is 3. The molecule has 3 aromatic carbocycles. The van der Waals surface area contributed by atoms with Gasteiger partial charge in [-0.2, -0.15) is 0 Å². The number of carbonyl (C=O) groups excluding carboxylic acids is 9. The monoisotopic (exact) mass is 1900 g/mol. The zero-order valence-electron chi connectivity index (χ0n) is 88.7. The van der Waals surface area contributed by atoms with Crippen LogP contribution in [0.4, 0.5) is 0 Å². The molecule has 0 N–H and O–H groups in total. The first-order valence-electron chi connectivity index (χ1n) is 50.9. The zero-order chi connectivity index (χ0) is 101. The van der Waals surface area contributed by atoms with Crippen molar-refractivity contribution >= 4 is 87.6 Å². The van der Waals surface area contributed by atoms with Crippen LogP contribution in [-0.2, 0) is 132 Å². The summed E-state index contributed by atoms with van der Waals surface area (Å²) < 4.78 is 161. The quantitative estimate of drug-likeness (QED) is 0.0776. The molecule has 4 aliphatic carbocycles. The Morgan fingerprint density at radius 3 is 1.22 bits per heavy atom. The van der Waals surface area contributed by atoms with Crippen LogP contribution >= 0.6 is 0 Å². The fourth-order valence-corrected chi connectivity index (χ4v) is 19.5. The number of ether oxygens (including phenoxy) is 9. The Kier molecular flexibility index (Phi) is 28.4. The van der Waals surface area contributed by atoms with Gasteiger partial charge in [0.25, 0.3) is 0 Å². The predicted octanol–water partition coefficient (Wildman–Crippen LogP) is 15.1. The minimum atomic E-state index is -2.63. The van der Waals surface area contributed by atoms with Gasteiger partial charge >= 0.3 is 17.9 Å². The van der Waals surface area contributed by atoms with Gasteiger partial charge in [0.15, 0.2) is 0 Å².